The summed E-state index contributed by atoms with van der Waals surface area (Å²) in [6.45, 7) is 2.51. The molecule has 1 aliphatic carbocycles. The van der Waals surface area contributed by atoms with Gasteiger partial charge in [0, 0.05) is 6.54 Å². The van der Waals surface area contributed by atoms with Crippen LogP contribution in [0.4, 0.5) is 0 Å². The van der Waals surface area contributed by atoms with Gasteiger partial charge in [0.15, 0.2) is 11.5 Å². The van der Waals surface area contributed by atoms with Crippen molar-refractivity contribution in [1.29, 1.82) is 0 Å². The van der Waals surface area contributed by atoms with E-state index in [1.54, 1.807) is 14.2 Å². The molecule has 1 unspecified atom stereocenters. The highest BCUT2D eigenvalue weighted by molar-refractivity contribution is 7.90. The van der Waals surface area contributed by atoms with E-state index in [4.69, 9.17) is 9.47 Å². The van der Waals surface area contributed by atoms with Crippen molar-refractivity contribution in [1.82, 2.24) is 4.72 Å². The number of sulfonamides is 1. The van der Waals surface area contributed by atoms with Crippen molar-refractivity contribution in [3.63, 3.8) is 0 Å². The molecule has 2 rings (SSSR count). The largest absolute Gasteiger partial charge is 0.493 e. The van der Waals surface area contributed by atoms with E-state index in [2.05, 4.69) is 4.72 Å². The predicted octanol–water partition coefficient (Wildman–Crippen LogP) is 2.35. The van der Waals surface area contributed by atoms with Gasteiger partial charge in [-0.2, -0.15) is 0 Å². The number of benzene rings is 1. The van der Waals surface area contributed by atoms with Crippen molar-refractivity contribution in [3.05, 3.63) is 23.8 Å². The molecule has 1 saturated carbocycles. The second-order valence-corrected chi connectivity index (χ2v) is 7.99. The molecule has 0 aromatic heterocycles. The maximum atomic E-state index is 12.0. The third-order valence-electron chi connectivity index (χ3n) is 4.16. The fourth-order valence-corrected chi connectivity index (χ4v) is 4.25. The van der Waals surface area contributed by atoms with Gasteiger partial charge in [0.2, 0.25) is 10.0 Å². The van der Waals surface area contributed by atoms with E-state index in [0.717, 1.165) is 31.2 Å². The molecular formula is C16H25NO4S. The number of hydrogen-bond donors (Lipinski definition) is 1. The van der Waals surface area contributed by atoms with Crippen LogP contribution in [0.2, 0.25) is 0 Å². The van der Waals surface area contributed by atoms with E-state index in [1.165, 1.54) is 0 Å². The SMILES string of the molecule is COc1ccc(CC(C)CNS(=O)(=O)C2CCC2)cc1OC. The van der Waals surface area contributed by atoms with Crippen LogP contribution in [-0.2, 0) is 16.4 Å². The predicted molar refractivity (Wildman–Crippen MR) is 87.0 cm³/mol. The number of methoxy groups -OCH3 is 2. The lowest BCUT2D eigenvalue weighted by atomic mass is 10.00. The van der Waals surface area contributed by atoms with Crippen molar-refractivity contribution in [2.24, 2.45) is 5.92 Å². The Hall–Kier alpha value is -1.27. The summed E-state index contributed by atoms with van der Waals surface area (Å²) < 4.78 is 37.3. The molecule has 6 heteroatoms. The Morgan fingerprint density at radius 1 is 1.23 bits per heavy atom. The Kier molecular flexibility index (Phi) is 5.69. The molecule has 0 aliphatic heterocycles. The number of nitrogens with one attached hydrogen (secondary N) is 1. The molecule has 0 saturated heterocycles. The van der Waals surface area contributed by atoms with Gasteiger partial charge in [0.1, 0.15) is 0 Å². The molecule has 1 aliphatic rings. The minimum absolute atomic E-state index is 0.180. The first-order valence-corrected chi connectivity index (χ1v) is 9.20. The van der Waals surface area contributed by atoms with E-state index < -0.39 is 10.0 Å². The van der Waals surface area contributed by atoms with Crippen LogP contribution in [0.5, 0.6) is 11.5 Å². The molecule has 1 N–H and O–H groups in total. The summed E-state index contributed by atoms with van der Waals surface area (Å²) in [5.41, 5.74) is 1.10. The quantitative estimate of drug-likeness (QED) is 0.796. The van der Waals surface area contributed by atoms with Crippen LogP contribution in [0.15, 0.2) is 18.2 Å². The molecule has 0 bridgehead atoms. The van der Waals surface area contributed by atoms with Crippen LogP contribution in [0.3, 0.4) is 0 Å². The van der Waals surface area contributed by atoms with Crippen LogP contribution < -0.4 is 14.2 Å². The minimum atomic E-state index is -3.13. The molecule has 0 spiro atoms. The number of hydrogen-bond acceptors (Lipinski definition) is 4. The number of ether oxygens (including phenoxy) is 2. The maximum absolute atomic E-state index is 12.0. The third-order valence-corrected chi connectivity index (χ3v) is 6.07. The molecule has 1 atom stereocenters. The van der Waals surface area contributed by atoms with Crippen LogP contribution in [0.25, 0.3) is 0 Å². The average molecular weight is 327 g/mol. The van der Waals surface area contributed by atoms with Gasteiger partial charge < -0.3 is 9.47 Å². The summed E-state index contributed by atoms with van der Waals surface area (Å²) in [4.78, 5) is 0. The van der Waals surface area contributed by atoms with Crippen molar-refractivity contribution in [2.75, 3.05) is 20.8 Å². The summed E-state index contributed by atoms with van der Waals surface area (Å²) in [6.07, 6.45) is 3.39. The van der Waals surface area contributed by atoms with Gasteiger partial charge in [-0.25, -0.2) is 13.1 Å². The van der Waals surface area contributed by atoms with Crippen molar-refractivity contribution in [2.45, 2.75) is 37.9 Å². The zero-order chi connectivity index (χ0) is 16.2. The molecular weight excluding hydrogens is 302 g/mol. The van der Waals surface area contributed by atoms with Crippen molar-refractivity contribution in [3.8, 4) is 11.5 Å². The first kappa shape index (κ1) is 17.1. The molecule has 0 amide bonds. The standard InChI is InChI=1S/C16H25NO4S/c1-12(11-17-22(18,19)14-5-4-6-14)9-13-7-8-15(20-2)16(10-13)21-3/h7-8,10,12,14,17H,4-6,9,11H2,1-3H3. The lowest BCUT2D eigenvalue weighted by Crippen LogP contribution is -2.40. The van der Waals surface area contributed by atoms with Crippen LogP contribution >= 0.6 is 0 Å². The molecule has 5 nitrogen and oxygen atoms in total. The Balaban J connectivity index is 1.90. The Labute approximate surface area is 133 Å². The second-order valence-electron chi connectivity index (χ2n) is 5.95. The summed E-state index contributed by atoms with van der Waals surface area (Å²) >= 11 is 0. The summed E-state index contributed by atoms with van der Waals surface area (Å²) in [5.74, 6) is 1.61. The first-order valence-electron chi connectivity index (χ1n) is 7.65. The van der Waals surface area contributed by atoms with E-state index >= 15 is 0 Å². The lowest BCUT2D eigenvalue weighted by molar-refractivity contribution is 0.354. The van der Waals surface area contributed by atoms with Crippen LogP contribution in [0, 0.1) is 5.92 Å². The topological polar surface area (TPSA) is 64.6 Å². The fourth-order valence-electron chi connectivity index (χ4n) is 2.54. The lowest BCUT2D eigenvalue weighted by Gasteiger charge is -2.26. The second kappa shape index (κ2) is 7.33. The summed E-state index contributed by atoms with van der Waals surface area (Å²) in [5, 5.41) is -0.180. The smallest absolute Gasteiger partial charge is 0.214 e. The van der Waals surface area contributed by atoms with E-state index in [1.807, 2.05) is 25.1 Å². The summed E-state index contributed by atoms with van der Waals surface area (Å²) in [6, 6.07) is 5.80. The average Bonchev–Trinajstić information content (AvgIpc) is 2.43. The fraction of sp³-hybridized carbons (Fsp3) is 0.625. The maximum Gasteiger partial charge on any atom is 0.214 e. The van der Waals surface area contributed by atoms with Gasteiger partial charge in [-0.15, -0.1) is 0 Å². The highest BCUT2D eigenvalue weighted by Gasteiger charge is 2.30. The zero-order valence-corrected chi connectivity index (χ0v) is 14.3. The van der Waals surface area contributed by atoms with Gasteiger partial charge in [-0.1, -0.05) is 19.4 Å². The monoisotopic (exact) mass is 327 g/mol. The van der Waals surface area contributed by atoms with Crippen molar-refractivity contribution >= 4 is 10.0 Å². The van der Waals surface area contributed by atoms with Gasteiger partial charge in [0.25, 0.3) is 0 Å². The Bertz CT molecular complexity index is 596. The van der Waals surface area contributed by atoms with Crippen LogP contribution in [-0.4, -0.2) is 34.4 Å². The van der Waals surface area contributed by atoms with E-state index in [-0.39, 0.29) is 11.2 Å². The first-order chi connectivity index (χ1) is 10.5. The Morgan fingerprint density at radius 3 is 2.45 bits per heavy atom. The van der Waals surface area contributed by atoms with Gasteiger partial charge >= 0.3 is 0 Å². The highest BCUT2D eigenvalue weighted by Crippen LogP contribution is 2.28. The highest BCUT2D eigenvalue weighted by atomic mass is 32.2. The number of rotatable bonds is 8. The van der Waals surface area contributed by atoms with Gasteiger partial charge in [-0.05, 0) is 42.9 Å². The minimum Gasteiger partial charge on any atom is -0.493 e. The van der Waals surface area contributed by atoms with E-state index in [0.29, 0.717) is 18.0 Å². The molecule has 0 heterocycles. The van der Waals surface area contributed by atoms with Gasteiger partial charge in [-0.3, -0.25) is 0 Å². The normalized spacial score (nSPS) is 16.9. The molecule has 1 aromatic rings. The van der Waals surface area contributed by atoms with Crippen LogP contribution in [0.1, 0.15) is 31.7 Å². The van der Waals surface area contributed by atoms with E-state index in [9.17, 15) is 8.42 Å². The zero-order valence-electron chi connectivity index (χ0n) is 13.5. The third kappa shape index (κ3) is 4.14. The molecule has 1 fully saturated rings. The Morgan fingerprint density at radius 2 is 1.91 bits per heavy atom. The molecule has 22 heavy (non-hydrogen) atoms. The van der Waals surface area contributed by atoms with Crippen molar-refractivity contribution < 1.29 is 17.9 Å². The van der Waals surface area contributed by atoms with Gasteiger partial charge in [0.05, 0.1) is 19.5 Å². The summed E-state index contributed by atoms with van der Waals surface area (Å²) in [7, 11) is 0.0864. The molecule has 124 valence electrons. The molecule has 1 aromatic carbocycles. The molecule has 0 radical (unpaired) electrons.